The van der Waals surface area contributed by atoms with Crippen molar-refractivity contribution in [2.24, 2.45) is 7.05 Å². The van der Waals surface area contributed by atoms with Gasteiger partial charge in [-0.25, -0.2) is 4.79 Å². The van der Waals surface area contributed by atoms with Crippen LogP contribution in [-0.2, 0) is 7.05 Å². The molecular formula is C20H20N2O5. The van der Waals surface area contributed by atoms with Crippen molar-refractivity contribution < 1.29 is 14.3 Å². The fourth-order valence-electron chi connectivity index (χ4n) is 3.17. The van der Waals surface area contributed by atoms with Crippen LogP contribution in [0.3, 0.4) is 0 Å². The molecule has 0 fully saturated rings. The zero-order valence-corrected chi connectivity index (χ0v) is 15.5. The number of hydrogen-bond acceptors (Lipinski definition) is 4. The zero-order chi connectivity index (χ0) is 19.9. The summed E-state index contributed by atoms with van der Waals surface area (Å²) in [5.41, 5.74) is 2.50. The molecule has 2 aromatic heterocycles. The highest BCUT2D eigenvalue weighted by molar-refractivity contribution is 5.83. The number of carbonyl (C=O) groups is 1. The van der Waals surface area contributed by atoms with Crippen LogP contribution in [-0.4, -0.2) is 15.8 Å². The third kappa shape index (κ3) is 3.48. The average molecular weight is 368 g/mol. The van der Waals surface area contributed by atoms with Gasteiger partial charge in [0.1, 0.15) is 11.3 Å². The van der Waals surface area contributed by atoms with E-state index in [0.717, 1.165) is 5.56 Å². The third-order valence-corrected chi connectivity index (χ3v) is 4.46. The summed E-state index contributed by atoms with van der Waals surface area (Å²) < 4.78 is 7.45. The lowest BCUT2D eigenvalue weighted by Gasteiger charge is -2.15. The van der Waals surface area contributed by atoms with E-state index in [0.29, 0.717) is 33.4 Å². The SMILES string of the molecule is Cc1cc(C(C)NC(=O)O)c2oc(-c3cc(C)c(=O)n(C)c3)cc(=O)c2c1. The minimum absolute atomic E-state index is 0.127. The van der Waals surface area contributed by atoms with Gasteiger partial charge >= 0.3 is 6.09 Å². The molecule has 1 atom stereocenters. The fraction of sp³-hybridized carbons (Fsp3) is 0.250. The molecule has 3 rings (SSSR count). The summed E-state index contributed by atoms with van der Waals surface area (Å²) in [6.07, 6.45) is 0.441. The summed E-state index contributed by atoms with van der Waals surface area (Å²) in [5.74, 6) is 0.318. The van der Waals surface area contributed by atoms with E-state index in [1.165, 1.54) is 10.6 Å². The maximum absolute atomic E-state index is 12.7. The Bertz CT molecular complexity index is 1150. The van der Waals surface area contributed by atoms with Gasteiger partial charge in [-0.15, -0.1) is 0 Å². The first kappa shape index (κ1) is 18.4. The van der Waals surface area contributed by atoms with Crippen molar-refractivity contribution in [1.29, 1.82) is 0 Å². The van der Waals surface area contributed by atoms with Crippen LogP contribution in [0.1, 0.15) is 29.7 Å². The molecule has 7 nitrogen and oxygen atoms in total. The number of carboxylic acid groups (broad SMARTS) is 1. The first-order chi connectivity index (χ1) is 12.7. The van der Waals surface area contributed by atoms with Gasteiger partial charge in [0.25, 0.3) is 5.56 Å². The smallest absolute Gasteiger partial charge is 0.405 e. The standard InChI is InChI=1S/C20H20N2O5/c1-10-5-14(12(3)21-20(25)26)18-15(6-10)16(23)8-17(27-18)13-7-11(2)19(24)22(4)9-13/h5-9,12,21H,1-4H3,(H,25,26). The number of benzene rings is 1. The monoisotopic (exact) mass is 368 g/mol. The summed E-state index contributed by atoms with van der Waals surface area (Å²) in [6.45, 7) is 5.21. The number of pyridine rings is 1. The summed E-state index contributed by atoms with van der Waals surface area (Å²) in [5, 5.41) is 11.8. The summed E-state index contributed by atoms with van der Waals surface area (Å²) in [7, 11) is 1.63. The van der Waals surface area contributed by atoms with Gasteiger partial charge in [0, 0.05) is 36.0 Å². The minimum atomic E-state index is -1.16. The topological polar surface area (TPSA) is 102 Å². The van der Waals surface area contributed by atoms with Crippen molar-refractivity contribution in [1.82, 2.24) is 9.88 Å². The fourth-order valence-corrected chi connectivity index (χ4v) is 3.17. The molecule has 1 amide bonds. The van der Waals surface area contributed by atoms with Gasteiger partial charge in [0.05, 0.1) is 11.4 Å². The molecule has 0 saturated carbocycles. The number of nitrogens with zero attached hydrogens (tertiary/aromatic N) is 1. The summed E-state index contributed by atoms with van der Waals surface area (Å²) >= 11 is 0. The molecule has 3 aromatic rings. The quantitative estimate of drug-likeness (QED) is 0.740. The highest BCUT2D eigenvalue weighted by Gasteiger charge is 2.17. The second kappa shape index (κ2) is 6.75. The molecular weight excluding hydrogens is 348 g/mol. The van der Waals surface area contributed by atoms with Crippen LogP contribution < -0.4 is 16.3 Å². The van der Waals surface area contributed by atoms with E-state index in [-0.39, 0.29) is 11.0 Å². The van der Waals surface area contributed by atoms with Crippen LogP contribution in [0.5, 0.6) is 0 Å². The van der Waals surface area contributed by atoms with Crippen LogP contribution in [0, 0.1) is 13.8 Å². The molecule has 0 spiro atoms. The van der Waals surface area contributed by atoms with Gasteiger partial charge in [-0.05, 0) is 38.5 Å². The predicted molar refractivity (Wildman–Crippen MR) is 102 cm³/mol. The number of hydrogen-bond donors (Lipinski definition) is 2. The molecule has 1 aromatic carbocycles. The van der Waals surface area contributed by atoms with Crippen molar-refractivity contribution in [2.75, 3.05) is 0 Å². The number of nitrogens with one attached hydrogen (secondary N) is 1. The van der Waals surface area contributed by atoms with Gasteiger partial charge < -0.3 is 19.4 Å². The van der Waals surface area contributed by atoms with Gasteiger partial charge in [-0.3, -0.25) is 9.59 Å². The van der Waals surface area contributed by atoms with Gasteiger partial charge in [0.2, 0.25) is 0 Å². The van der Waals surface area contributed by atoms with Crippen LogP contribution in [0.15, 0.2) is 44.5 Å². The van der Waals surface area contributed by atoms with Crippen LogP contribution in [0.2, 0.25) is 0 Å². The maximum atomic E-state index is 12.7. The molecule has 0 radical (unpaired) electrons. The number of aromatic nitrogens is 1. The van der Waals surface area contributed by atoms with Crippen LogP contribution >= 0.6 is 0 Å². The first-order valence-electron chi connectivity index (χ1n) is 8.43. The normalized spacial score (nSPS) is 12.1. The molecule has 27 heavy (non-hydrogen) atoms. The first-order valence-corrected chi connectivity index (χ1v) is 8.43. The number of aryl methyl sites for hydroxylation is 3. The lowest BCUT2D eigenvalue weighted by Crippen LogP contribution is -2.25. The largest absolute Gasteiger partial charge is 0.465 e. The van der Waals surface area contributed by atoms with Gasteiger partial charge in [-0.2, -0.15) is 0 Å². The molecule has 0 bridgehead atoms. The Morgan fingerprint density at radius 1 is 1.19 bits per heavy atom. The zero-order valence-electron chi connectivity index (χ0n) is 15.5. The molecule has 0 aliphatic carbocycles. The van der Waals surface area contributed by atoms with E-state index >= 15 is 0 Å². The van der Waals surface area contributed by atoms with Gasteiger partial charge in [-0.1, -0.05) is 6.07 Å². The summed E-state index contributed by atoms with van der Waals surface area (Å²) in [6, 6.07) is 6.00. The lowest BCUT2D eigenvalue weighted by atomic mass is 10.0. The van der Waals surface area contributed by atoms with E-state index in [1.54, 1.807) is 45.3 Å². The van der Waals surface area contributed by atoms with Crippen molar-refractivity contribution in [2.45, 2.75) is 26.8 Å². The third-order valence-electron chi connectivity index (χ3n) is 4.46. The second-order valence-corrected chi connectivity index (χ2v) is 6.70. The predicted octanol–water partition coefficient (Wildman–Crippen LogP) is 3.10. The molecule has 1 unspecified atom stereocenters. The molecule has 140 valence electrons. The molecule has 2 N–H and O–H groups in total. The number of fused-ring (bicyclic) bond motifs is 1. The van der Waals surface area contributed by atoms with Crippen molar-refractivity contribution >= 4 is 17.1 Å². The van der Waals surface area contributed by atoms with E-state index in [9.17, 15) is 14.4 Å². The van der Waals surface area contributed by atoms with E-state index in [1.807, 2.05) is 6.92 Å². The van der Waals surface area contributed by atoms with E-state index < -0.39 is 12.1 Å². The molecule has 2 heterocycles. The van der Waals surface area contributed by atoms with E-state index in [2.05, 4.69) is 5.32 Å². The number of amides is 1. The Balaban J connectivity index is 2.29. The highest BCUT2D eigenvalue weighted by atomic mass is 16.4. The average Bonchev–Trinajstić information content (AvgIpc) is 2.58. The molecule has 7 heteroatoms. The van der Waals surface area contributed by atoms with Crippen LogP contribution in [0.25, 0.3) is 22.3 Å². The van der Waals surface area contributed by atoms with E-state index in [4.69, 9.17) is 9.52 Å². The Morgan fingerprint density at radius 2 is 1.89 bits per heavy atom. The minimum Gasteiger partial charge on any atom is -0.465 e. The molecule has 0 saturated heterocycles. The Labute approximate surface area is 154 Å². The van der Waals surface area contributed by atoms with Crippen molar-refractivity contribution in [3.05, 3.63) is 67.7 Å². The Hall–Kier alpha value is -3.35. The van der Waals surface area contributed by atoms with Gasteiger partial charge in [0.15, 0.2) is 5.43 Å². The maximum Gasteiger partial charge on any atom is 0.405 e. The second-order valence-electron chi connectivity index (χ2n) is 6.70. The Morgan fingerprint density at radius 3 is 2.52 bits per heavy atom. The summed E-state index contributed by atoms with van der Waals surface area (Å²) in [4.78, 5) is 35.6. The molecule has 0 aliphatic rings. The van der Waals surface area contributed by atoms with Crippen molar-refractivity contribution in [3.8, 4) is 11.3 Å². The highest BCUT2D eigenvalue weighted by Crippen LogP contribution is 2.28. The lowest BCUT2D eigenvalue weighted by molar-refractivity contribution is 0.191. The van der Waals surface area contributed by atoms with Crippen molar-refractivity contribution in [3.63, 3.8) is 0 Å². The number of rotatable bonds is 3. The van der Waals surface area contributed by atoms with Crippen LogP contribution in [0.4, 0.5) is 4.79 Å². The Kier molecular flexibility index (Phi) is 4.61. The molecule has 0 aliphatic heterocycles.